The van der Waals surface area contributed by atoms with Crippen LogP contribution in [0.5, 0.6) is 0 Å². The number of nitrogens with zero attached hydrogens (tertiary/aromatic N) is 2. The summed E-state index contributed by atoms with van der Waals surface area (Å²) in [6, 6.07) is 3.90. The van der Waals surface area contributed by atoms with Crippen LogP contribution in [0.1, 0.15) is 40.0 Å². The maximum atomic E-state index is 13.0. The molecule has 2 fully saturated rings. The van der Waals surface area contributed by atoms with Gasteiger partial charge in [-0.3, -0.25) is 34.2 Å². The van der Waals surface area contributed by atoms with Gasteiger partial charge in [-0.05, 0) is 25.0 Å². The molecule has 3 aliphatic rings. The van der Waals surface area contributed by atoms with Gasteiger partial charge in [0.15, 0.2) is 0 Å². The van der Waals surface area contributed by atoms with Crippen LogP contribution in [-0.2, 0) is 23.9 Å². The van der Waals surface area contributed by atoms with E-state index in [1.54, 1.807) is 17.0 Å². The molecule has 1 unspecified atom stereocenters. The molecule has 12 heteroatoms. The molecule has 5 amide bonds. The first-order valence-corrected chi connectivity index (χ1v) is 11.6. The van der Waals surface area contributed by atoms with Crippen LogP contribution in [0.3, 0.4) is 0 Å². The van der Waals surface area contributed by atoms with E-state index in [1.807, 2.05) is 0 Å². The molecule has 1 aromatic rings. The number of amides is 5. The van der Waals surface area contributed by atoms with Gasteiger partial charge >= 0.3 is 0 Å². The van der Waals surface area contributed by atoms with Gasteiger partial charge in [-0.2, -0.15) is 0 Å². The lowest BCUT2D eigenvalue weighted by Gasteiger charge is -2.27. The zero-order valence-corrected chi connectivity index (χ0v) is 19.3. The van der Waals surface area contributed by atoms with Gasteiger partial charge in [0, 0.05) is 37.8 Å². The summed E-state index contributed by atoms with van der Waals surface area (Å²) < 4.78 is 10.9. The number of piperidine rings is 1. The van der Waals surface area contributed by atoms with Crippen molar-refractivity contribution in [2.75, 3.05) is 51.4 Å². The average Bonchev–Trinajstić information content (AvgIpc) is 3.37. The van der Waals surface area contributed by atoms with Gasteiger partial charge in [0.1, 0.15) is 12.6 Å². The van der Waals surface area contributed by atoms with Crippen LogP contribution in [0.2, 0.25) is 0 Å². The summed E-state index contributed by atoms with van der Waals surface area (Å²) in [6.45, 7) is 2.44. The third kappa shape index (κ3) is 5.50. The van der Waals surface area contributed by atoms with Gasteiger partial charge in [0.2, 0.25) is 17.7 Å². The van der Waals surface area contributed by atoms with Crippen LogP contribution in [0, 0.1) is 0 Å². The van der Waals surface area contributed by atoms with Crippen LogP contribution in [0.15, 0.2) is 18.2 Å². The van der Waals surface area contributed by atoms with Crippen LogP contribution in [-0.4, -0.2) is 97.5 Å². The number of ether oxygens (including phenoxy) is 2. The minimum Gasteiger partial charge on any atom is -0.382 e. The molecular formula is C23H29N5O7. The van der Waals surface area contributed by atoms with Crippen molar-refractivity contribution in [1.82, 2.24) is 15.1 Å². The topological polar surface area (TPSA) is 160 Å². The number of nitrogens with one attached hydrogen (secondary N) is 2. The van der Waals surface area contributed by atoms with Crippen molar-refractivity contribution < 1.29 is 33.4 Å². The predicted octanol–water partition coefficient (Wildman–Crippen LogP) is -0.907. The highest BCUT2D eigenvalue weighted by atomic mass is 16.5. The van der Waals surface area contributed by atoms with Crippen LogP contribution >= 0.6 is 0 Å². The first-order valence-electron chi connectivity index (χ1n) is 11.6. The van der Waals surface area contributed by atoms with E-state index in [-0.39, 0.29) is 49.1 Å². The second-order valence-electron chi connectivity index (χ2n) is 8.66. The maximum absolute atomic E-state index is 13.0. The number of imide groups is 2. The summed E-state index contributed by atoms with van der Waals surface area (Å²) in [7, 11) is 0. The number of benzene rings is 1. The number of fused-ring (bicyclic) bond motifs is 1. The highest BCUT2D eigenvalue weighted by Gasteiger charge is 2.45. The van der Waals surface area contributed by atoms with Crippen LogP contribution < -0.4 is 16.4 Å². The van der Waals surface area contributed by atoms with E-state index in [0.717, 1.165) is 11.3 Å². The van der Waals surface area contributed by atoms with Crippen molar-refractivity contribution in [3.63, 3.8) is 0 Å². The van der Waals surface area contributed by atoms with E-state index < -0.39 is 29.7 Å². The lowest BCUT2D eigenvalue weighted by Crippen LogP contribution is -2.54. The van der Waals surface area contributed by atoms with Gasteiger partial charge in [0.05, 0.1) is 30.9 Å². The fraction of sp³-hybridized carbons (Fsp3) is 0.522. The Hall–Kier alpha value is -3.35. The molecule has 12 nitrogen and oxygen atoms in total. The molecular weight excluding hydrogens is 458 g/mol. The number of hydrogen-bond donors (Lipinski definition) is 3. The Labute approximate surface area is 202 Å². The molecule has 3 heterocycles. The molecule has 3 aliphatic heterocycles. The lowest BCUT2D eigenvalue weighted by molar-refractivity contribution is -0.137. The quantitative estimate of drug-likeness (QED) is 0.280. The largest absolute Gasteiger partial charge is 0.382 e. The number of carbonyl (C=O) groups is 5. The highest BCUT2D eigenvalue weighted by Crippen LogP contribution is 2.32. The fourth-order valence-electron chi connectivity index (χ4n) is 4.40. The van der Waals surface area contributed by atoms with Gasteiger partial charge in [0.25, 0.3) is 11.8 Å². The SMILES string of the molecule is N[C@H]1CCN(C(=O)COCCOCCNc2cccc3c2C(=O)N(C2CCC(=O)NC2=O)C3=O)C1. The Balaban J connectivity index is 1.21. The van der Waals surface area contributed by atoms with Gasteiger partial charge < -0.3 is 25.4 Å². The van der Waals surface area contributed by atoms with E-state index in [1.165, 1.54) is 6.07 Å². The zero-order valence-electron chi connectivity index (χ0n) is 19.3. The monoisotopic (exact) mass is 487 g/mol. The molecule has 2 atom stereocenters. The maximum Gasteiger partial charge on any atom is 0.264 e. The Morgan fingerprint density at radius 3 is 2.63 bits per heavy atom. The Kier molecular flexibility index (Phi) is 7.73. The molecule has 35 heavy (non-hydrogen) atoms. The smallest absolute Gasteiger partial charge is 0.264 e. The summed E-state index contributed by atoms with van der Waals surface area (Å²) in [5.74, 6) is -2.27. The molecule has 0 aliphatic carbocycles. The third-order valence-electron chi connectivity index (χ3n) is 6.20. The summed E-state index contributed by atoms with van der Waals surface area (Å²) in [5, 5.41) is 5.28. The average molecular weight is 488 g/mol. The van der Waals surface area contributed by atoms with Crippen molar-refractivity contribution in [2.24, 2.45) is 5.73 Å². The van der Waals surface area contributed by atoms with Crippen molar-refractivity contribution in [2.45, 2.75) is 31.3 Å². The van der Waals surface area contributed by atoms with Crippen LogP contribution in [0.25, 0.3) is 0 Å². The zero-order chi connectivity index (χ0) is 24.9. The van der Waals surface area contributed by atoms with E-state index in [0.29, 0.717) is 38.5 Å². The molecule has 4 rings (SSSR count). The van der Waals surface area contributed by atoms with E-state index >= 15 is 0 Å². The van der Waals surface area contributed by atoms with E-state index in [9.17, 15) is 24.0 Å². The molecule has 4 N–H and O–H groups in total. The number of carbonyl (C=O) groups excluding carboxylic acids is 5. The predicted molar refractivity (Wildman–Crippen MR) is 122 cm³/mol. The Morgan fingerprint density at radius 1 is 1.09 bits per heavy atom. The first-order chi connectivity index (χ1) is 16.9. The second kappa shape index (κ2) is 10.9. The van der Waals surface area contributed by atoms with Crippen molar-refractivity contribution in [1.29, 1.82) is 0 Å². The molecule has 0 saturated carbocycles. The standard InChI is InChI=1S/C23H29N5O7/c24-14-6-8-27(12-14)19(30)13-35-11-10-34-9-7-25-16-3-1-2-15-20(16)23(33)28(22(15)32)17-4-5-18(29)26-21(17)31/h1-3,14,17,25H,4-13,24H2,(H,26,29,31)/t14-,17?/m0/s1. The first kappa shape index (κ1) is 24.8. The molecule has 1 aromatic carbocycles. The molecule has 0 spiro atoms. The lowest BCUT2D eigenvalue weighted by atomic mass is 10.0. The summed E-state index contributed by atoms with van der Waals surface area (Å²) in [4.78, 5) is 64.1. The third-order valence-corrected chi connectivity index (χ3v) is 6.20. The molecule has 0 bridgehead atoms. The molecule has 188 valence electrons. The molecule has 0 aromatic heterocycles. The normalized spacial score (nSPS) is 22.0. The Bertz CT molecular complexity index is 1030. The summed E-state index contributed by atoms with van der Waals surface area (Å²) in [6.07, 6.45) is 0.976. The molecule has 2 saturated heterocycles. The summed E-state index contributed by atoms with van der Waals surface area (Å²) in [5.41, 5.74) is 6.67. The van der Waals surface area contributed by atoms with E-state index in [2.05, 4.69) is 10.6 Å². The second-order valence-corrected chi connectivity index (χ2v) is 8.66. The Morgan fingerprint density at radius 2 is 1.89 bits per heavy atom. The van der Waals surface area contributed by atoms with Crippen LogP contribution in [0.4, 0.5) is 5.69 Å². The van der Waals surface area contributed by atoms with Gasteiger partial charge in [-0.15, -0.1) is 0 Å². The van der Waals surface area contributed by atoms with Gasteiger partial charge in [-0.1, -0.05) is 6.07 Å². The number of anilines is 1. The number of hydrogen-bond acceptors (Lipinski definition) is 9. The number of rotatable bonds is 10. The minimum atomic E-state index is -1.01. The van der Waals surface area contributed by atoms with Gasteiger partial charge in [-0.25, -0.2) is 0 Å². The van der Waals surface area contributed by atoms with E-state index in [4.69, 9.17) is 15.2 Å². The highest BCUT2D eigenvalue weighted by molar-refractivity contribution is 6.25. The number of nitrogens with two attached hydrogens (primary N) is 1. The number of likely N-dealkylation sites (tertiary alicyclic amines) is 1. The van der Waals surface area contributed by atoms with Crippen molar-refractivity contribution >= 4 is 35.2 Å². The van der Waals surface area contributed by atoms with Crippen molar-refractivity contribution in [3.8, 4) is 0 Å². The summed E-state index contributed by atoms with van der Waals surface area (Å²) >= 11 is 0. The minimum absolute atomic E-state index is 0.00962. The fourth-order valence-corrected chi connectivity index (χ4v) is 4.40. The van der Waals surface area contributed by atoms with Crippen molar-refractivity contribution in [3.05, 3.63) is 29.3 Å². The molecule has 0 radical (unpaired) electrons.